The van der Waals surface area contributed by atoms with Gasteiger partial charge in [-0.3, -0.25) is 4.79 Å². The molecule has 1 amide bonds. The predicted molar refractivity (Wildman–Crippen MR) is 93.8 cm³/mol. The van der Waals surface area contributed by atoms with Crippen LogP contribution in [0.4, 0.5) is 0 Å². The van der Waals surface area contributed by atoms with E-state index < -0.39 is 0 Å². The maximum absolute atomic E-state index is 12.2. The quantitative estimate of drug-likeness (QED) is 0.865. The number of amides is 1. The van der Waals surface area contributed by atoms with Crippen molar-refractivity contribution >= 4 is 5.91 Å². The lowest BCUT2D eigenvalue weighted by atomic mass is 9.99. The van der Waals surface area contributed by atoms with Crippen LogP contribution in [0.15, 0.2) is 42.5 Å². The van der Waals surface area contributed by atoms with Gasteiger partial charge in [-0.1, -0.05) is 43.3 Å². The SMILES string of the molecule is CC[C@H](NC(=O)COc1ccccc1C)c1ccc(C)c(C)c1. The summed E-state index contributed by atoms with van der Waals surface area (Å²) in [5.74, 6) is 0.653. The van der Waals surface area contributed by atoms with E-state index >= 15 is 0 Å². The highest BCUT2D eigenvalue weighted by atomic mass is 16.5. The summed E-state index contributed by atoms with van der Waals surface area (Å²) in [6.45, 7) is 8.26. The largest absolute Gasteiger partial charge is 0.484 e. The maximum Gasteiger partial charge on any atom is 0.258 e. The lowest BCUT2D eigenvalue weighted by Crippen LogP contribution is -2.32. The average molecular weight is 311 g/mol. The third-order valence-corrected chi connectivity index (χ3v) is 4.13. The number of aryl methyl sites for hydroxylation is 3. The second kappa shape index (κ2) is 7.82. The molecule has 0 unspecified atom stereocenters. The van der Waals surface area contributed by atoms with E-state index in [-0.39, 0.29) is 18.6 Å². The molecule has 0 radical (unpaired) electrons. The highest BCUT2D eigenvalue weighted by Gasteiger charge is 2.14. The fourth-order valence-corrected chi connectivity index (χ4v) is 2.50. The summed E-state index contributed by atoms with van der Waals surface area (Å²) >= 11 is 0. The van der Waals surface area contributed by atoms with Gasteiger partial charge in [-0.05, 0) is 55.5 Å². The molecule has 0 aliphatic carbocycles. The lowest BCUT2D eigenvalue weighted by molar-refractivity contribution is -0.123. The second-order valence-electron chi connectivity index (χ2n) is 5.93. The van der Waals surface area contributed by atoms with Gasteiger partial charge < -0.3 is 10.1 Å². The first-order chi connectivity index (χ1) is 11.0. The van der Waals surface area contributed by atoms with Crippen molar-refractivity contribution in [3.63, 3.8) is 0 Å². The van der Waals surface area contributed by atoms with Crippen molar-refractivity contribution in [1.29, 1.82) is 0 Å². The molecule has 0 bridgehead atoms. The average Bonchev–Trinajstić information content (AvgIpc) is 2.54. The van der Waals surface area contributed by atoms with E-state index in [1.165, 1.54) is 11.1 Å². The Labute approximate surface area is 138 Å². The van der Waals surface area contributed by atoms with Gasteiger partial charge in [0.05, 0.1) is 6.04 Å². The van der Waals surface area contributed by atoms with Crippen LogP contribution in [-0.4, -0.2) is 12.5 Å². The molecule has 3 heteroatoms. The standard InChI is InChI=1S/C20H25NO2/c1-5-18(17-11-10-14(2)16(4)12-17)21-20(22)13-23-19-9-7-6-8-15(19)3/h6-12,18H,5,13H2,1-4H3,(H,21,22)/t18-/m0/s1. The molecule has 2 rings (SSSR count). The summed E-state index contributed by atoms with van der Waals surface area (Å²) in [7, 11) is 0. The molecule has 0 aliphatic rings. The summed E-state index contributed by atoms with van der Waals surface area (Å²) in [6.07, 6.45) is 0.846. The lowest BCUT2D eigenvalue weighted by Gasteiger charge is -2.19. The molecule has 2 aromatic carbocycles. The topological polar surface area (TPSA) is 38.3 Å². The van der Waals surface area contributed by atoms with Crippen molar-refractivity contribution in [2.45, 2.75) is 40.2 Å². The van der Waals surface area contributed by atoms with Gasteiger partial charge in [0.15, 0.2) is 6.61 Å². The summed E-state index contributed by atoms with van der Waals surface area (Å²) in [4.78, 5) is 12.2. The molecule has 0 heterocycles. The fourth-order valence-electron chi connectivity index (χ4n) is 2.50. The number of carbonyl (C=O) groups excluding carboxylic acids is 1. The van der Waals surface area contributed by atoms with Crippen LogP contribution in [0.5, 0.6) is 5.75 Å². The summed E-state index contributed by atoms with van der Waals surface area (Å²) < 4.78 is 5.61. The van der Waals surface area contributed by atoms with Gasteiger partial charge in [0, 0.05) is 0 Å². The van der Waals surface area contributed by atoms with E-state index in [9.17, 15) is 4.79 Å². The van der Waals surface area contributed by atoms with Crippen LogP contribution in [0.1, 0.15) is 41.6 Å². The first-order valence-electron chi connectivity index (χ1n) is 8.06. The third-order valence-electron chi connectivity index (χ3n) is 4.13. The van der Waals surface area contributed by atoms with Gasteiger partial charge in [-0.25, -0.2) is 0 Å². The number of para-hydroxylation sites is 1. The van der Waals surface area contributed by atoms with Crippen molar-refractivity contribution in [3.8, 4) is 5.75 Å². The zero-order valence-corrected chi connectivity index (χ0v) is 14.3. The molecule has 122 valence electrons. The first-order valence-corrected chi connectivity index (χ1v) is 8.06. The number of carbonyl (C=O) groups is 1. The van der Waals surface area contributed by atoms with Crippen LogP contribution >= 0.6 is 0 Å². The van der Waals surface area contributed by atoms with Crippen molar-refractivity contribution in [1.82, 2.24) is 5.32 Å². The van der Waals surface area contributed by atoms with E-state index in [2.05, 4.69) is 44.3 Å². The van der Waals surface area contributed by atoms with E-state index in [1.807, 2.05) is 31.2 Å². The summed E-state index contributed by atoms with van der Waals surface area (Å²) in [5, 5.41) is 3.06. The monoisotopic (exact) mass is 311 g/mol. The summed E-state index contributed by atoms with van der Waals surface area (Å²) in [6, 6.07) is 14.1. The minimum absolute atomic E-state index is 0.0160. The number of rotatable bonds is 6. The van der Waals surface area contributed by atoms with E-state index in [0.29, 0.717) is 0 Å². The Bertz CT molecular complexity index is 679. The van der Waals surface area contributed by atoms with Crippen LogP contribution in [0, 0.1) is 20.8 Å². The van der Waals surface area contributed by atoms with Gasteiger partial charge in [0.1, 0.15) is 5.75 Å². The van der Waals surface area contributed by atoms with Crippen molar-refractivity contribution in [2.24, 2.45) is 0 Å². The molecule has 0 aliphatic heterocycles. The van der Waals surface area contributed by atoms with Gasteiger partial charge in [0.2, 0.25) is 0 Å². The Morgan fingerprint density at radius 3 is 2.43 bits per heavy atom. The molecule has 1 atom stereocenters. The number of hydrogen-bond donors (Lipinski definition) is 1. The van der Waals surface area contributed by atoms with Gasteiger partial charge >= 0.3 is 0 Å². The van der Waals surface area contributed by atoms with Crippen LogP contribution in [0.25, 0.3) is 0 Å². The molecule has 0 fully saturated rings. The molecule has 0 aromatic heterocycles. The molecular formula is C20H25NO2. The van der Waals surface area contributed by atoms with Crippen LogP contribution < -0.4 is 10.1 Å². The summed E-state index contributed by atoms with van der Waals surface area (Å²) in [5.41, 5.74) is 4.67. The van der Waals surface area contributed by atoms with Gasteiger partial charge in [-0.15, -0.1) is 0 Å². The van der Waals surface area contributed by atoms with E-state index in [4.69, 9.17) is 4.74 Å². The minimum atomic E-state index is -0.0988. The van der Waals surface area contributed by atoms with Crippen LogP contribution in [0.3, 0.4) is 0 Å². The van der Waals surface area contributed by atoms with Gasteiger partial charge in [-0.2, -0.15) is 0 Å². The van der Waals surface area contributed by atoms with Crippen LogP contribution in [0.2, 0.25) is 0 Å². The first kappa shape index (κ1) is 17.1. The molecule has 0 saturated carbocycles. The Kier molecular flexibility index (Phi) is 5.80. The Balaban J connectivity index is 1.97. The Morgan fingerprint density at radius 2 is 1.78 bits per heavy atom. The molecule has 2 aromatic rings. The normalized spacial score (nSPS) is 11.8. The predicted octanol–water partition coefficient (Wildman–Crippen LogP) is 4.26. The number of ether oxygens (including phenoxy) is 1. The smallest absolute Gasteiger partial charge is 0.258 e. The fraction of sp³-hybridized carbons (Fsp3) is 0.350. The van der Waals surface area contributed by atoms with Crippen molar-refractivity contribution in [2.75, 3.05) is 6.61 Å². The maximum atomic E-state index is 12.2. The van der Waals surface area contributed by atoms with Crippen molar-refractivity contribution < 1.29 is 9.53 Å². The highest BCUT2D eigenvalue weighted by molar-refractivity contribution is 5.78. The molecular weight excluding hydrogens is 286 g/mol. The number of benzene rings is 2. The minimum Gasteiger partial charge on any atom is -0.484 e. The van der Waals surface area contributed by atoms with Crippen molar-refractivity contribution in [3.05, 3.63) is 64.7 Å². The molecule has 0 spiro atoms. The Morgan fingerprint density at radius 1 is 1.04 bits per heavy atom. The van der Waals surface area contributed by atoms with E-state index in [1.54, 1.807) is 0 Å². The highest BCUT2D eigenvalue weighted by Crippen LogP contribution is 2.20. The van der Waals surface area contributed by atoms with Gasteiger partial charge in [0.25, 0.3) is 5.91 Å². The molecule has 0 saturated heterocycles. The molecule has 1 N–H and O–H groups in total. The number of nitrogens with one attached hydrogen (secondary N) is 1. The Hall–Kier alpha value is -2.29. The third kappa shape index (κ3) is 4.59. The second-order valence-corrected chi connectivity index (χ2v) is 5.93. The zero-order chi connectivity index (χ0) is 16.8. The number of hydrogen-bond acceptors (Lipinski definition) is 2. The van der Waals surface area contributed by atoms with E-state index in [0.717, 1.165) is 23.3 Å². The zero-order valence-electron chi connectivity index (χ0n) is 14.3. The molecule has 3 nitrogen and oxygen atoms in total. The molecule has 23 heavy (non-hydrogen) atoms. The van der Waals surface area contributed by atoms with Crippen LogP contribution in [-0.2, 0) is 4.79 Å².